The van der Waals surface area contributed by atoms with Crippen molar-refractivity contribution in [3.05, 3.63) is 99.0 Å². The minimum absolute atomic E-state index is 0.184. The van der Waals surface area contributed by atoms with Crippen LogP contribution in [0.2, 0.25) is 5.02 Å². The number of hydrogen-bond acceptors (Lipinski definition) is 3. The van der Waals surface area contributed by atoms with Gasteiger partial charge < -0.3 is 4.74 Å². The van der Waals surface area contributed by atoms with Crippen LogP contribution in [0.25, 0.3) is 0 Å². The molecule has 4 nitrogen and oxygen atoms in total. The Balaban J connectivity index is 1.57. The molecule has 0 atom stereocenters. The number of rotatable bonds is 7. The fraction of sp³-hybridized carbons (Fsp3) is 0.0909. The van der Waals surface area contributed by atoms with Gasteiger partial charge in [-0.25, -0.2) is 5.43 Å². The van der Waals surface area contributed by atoms with Crippen LogP contribution in [0.4, 0.5) is 0 Å². The van der Waals surface area contributed by atoms with E-state index in [2.05, 4.69) is 26.5 Å². The highest BCUT2D eigenvalue weighted by molar-refractivity contribution is 9.10. The second-order valence-electron chi connectivity index (χ2n) is 6.05. The third-order valence-electron chi connectivity index (χ3n) is 3.87. The Morgan fingerprint density at radius 1 is 1.04 bits per heavy atom. The topological polar surface area (TPSA) is 50.7 Å². The third kappa shape index (κ3) is 6.22. The summed E-state index contributed by atoms with van der Waals surface area (Å²) in [7, 11) is 0. The number of hydrazone groups is 1. The van der Waals surface area contributed by atoms with Crippen molar-refractivity contribution in [2.75, 3.05) is 0 Å². The monoisotopic (exact) mass is 456 g/mol. The van der Waals surface area contributed by atoms with Gasteiger partial charge in [-0.3, -0.25) is 4.79 Å². The summed E-state index contributed by atoms with van der Waals surface area (Å²) in [5.74, 6) is 0.490. The molecule has 0 fully saturated rings. The van der Waals surface area contributed by atoms with Crippen molar-refractivity contribution in [2.24, 2.45) is 5.10 Å². The standard InChI is InChI=1S/C22H18BrClN2O2/c23-19-10-8-16(9-11-19)13-22(27)26-25-14-18-5-1-2-7-21(18)28-15-17-4-3-6-20(24)12-17/h1-12,14H,13,15H2,(H,26,27)/b25-14-. The van der Waals surface area contributed by atoms with E-state index in [1.165, 1.54) is 0 Å². The van der Waals surface area contributed by atoms with E-state index in [4.69, 9.17) is 16.3 Å². The molecule has 1 amide bonds. The maximum Gasteiger partial charge on any atom is 0.244 e. The predicted molar refractivity (Wildman–Crippen MR) is 116 cm³/mol. The molecule has 0 bridgehead atoms. The second-order valence-corrected chi connectivity index (χ2v) is 7.40. The van der Waals surface area contributed by atoms with E-state index in [1.54, 1.807) is 6.21 Å². The first kappa shape index (κ1) is 20.1. The number of benzene rings is 3. The molecule has 0 aromatic heterocycles. The minimum atomic E-state index is -0.184. The smallest absolute Gasteiger partial charge is 0.244 e. The summed E-state index contributed by atoms with van der Waals surface area (Å²) in [4.78, 5) is 12.0. The van der Waals surface area contributed by atoms with Crippen molar-refractivity contribution < 1.29 is 9.53 Å². The number of carbonyl (C=O) groups excluding carboxylic acids is 1. The maximum atomic E-state index is 12.0. The number of nitrogens with one attached hydrogen (secondary N) is 1. The molecule has 28 heavy (non-hydrogen) atoms. The lowest BCUT2D eigenvalue weighted by atomic mass is 10.1. The highest BCUT2D eigenvalue weighted by Gasteiger charge is 2.04. The van der Waals surface area contributed by atoms with Crippen LogP contribution in [-0.4, -0.2) is 12.1 Å². The molecule has 3 rings (SSSR count). The first-order valence-electron chi connectivity index (χ1n) is 8.63. The van der Waals surface area contributed by atoms with Gasteiger partial charge in [0, 0.05) is 15.1 Å². The summed E-state index contributed by atoms with van der Waals surface area (Å²) in [6.45, 7) is 0.390. The molecule has 0 saturated carbocycles. The van der Waals surface area contributed by atoms with Gasteiger partial charge in [0.05, 0.1) is 12.6 Å². The van der Waals surface area contributed by atoms with Gasteiger partial charge in [-0.2, -0.15) is 5.10 Å². The Hall–Kier alpha value is -2.63. The van der Waals surface area contributed by atoms with E-state index in [0.29, 0.717) is 17.4 Å². The largest absolute Gasteiger partial charge is 0.488 e. The van der Waals surface area contributed by atoms with Crippen molar-refractivity contribution in [1.29, 1.82) is 0 Å². The Bertz CT molecular complexity index is 974. The minimum Gasteiger partial charge on any atom is -0.488 e. The fourth-order valence-electron chi connectivity index (χ4n) is 2.51. The molecule has 0 unspecified atom stereocenters. The van der Waals surface area contributed by atoms with E-state index < -0.39 is 0 Å². The first-order chi connectivity index (χ1) is 13.6. The molecule has 0 radical (unpaired) electrons. The number of carbonyl (C=O) groups is 1. The van der Waals surface area contributed by atoms with E-state index in [0.717, 1.165) is 21.2 Å². The predicted octanol–water partition coefficient (Wildman–Crippen LogP) is 5.37. The summed E-state index contributed by atoms with van der Waals surface area (Å²) in [5, 5.41) is 4.72. The van der Waals surface area contributed by atoms with Crippen molar-refractivity contribution in [3.63, 3.8) is 0 Å². The van der Waals surface area contributed by atoms with Gasteiger partial charge in [-0.15, -0.1) is 0 Å². The lowest BCUT2D eigenvalue weighted by Gasteiger charge is -2.09. The van der Waals surface area contributed by atoms with E-state index >= 15 is 0 Å². The zero-order valence-electron chi connectivity index (χ0n) is 14.9. The zero-order chi connectivity index (χ0) is 19.8. The summed E-state index contributed by atoms with van der Waals surface area (Å²) < 4.78 is 6.85. The van der Waals surface area contributed by atoms with Gasteiger partial charge >= 0.3 is 0 Å². The number of amides is 1. The molecule has 0 spiro atoms. The van der Waals surface area contributed by atoms with Crippen LogP contribution in [0.5, 0.6) is 5.75 Å². The molecular weight excluding hydrogens is 440 g/mol. The number of halogens is 2. The van der Waals surface area contributed by atoms with Crippen LogP contribution in [-0.2, 0) is 17.8 Å². The number of hydrogen-bond donors (Lipinski definition) is 1. The summed E-state index contributed by atoms with van der Waals surface area (Å²) in [5.41, 5.74) is 5.21. The summed E-state index contributed by atoms with van der Waals surface area (Å²) in [6, 6.07) is 22.6. The molecular formula is C22H18BrClN2O2. The maximum absolute atomic E-state index is 12.0. The van der Waals surface area contributed by atoms with Gasteiger partial charge in [0.15, 0.2) is 0 Å². The highest BCUT2D eigenvalue weighted by Crippen LogP contribution is 2.19. The molecule has 6 heteroatoms. The molecule has 0 saturated heterocycles. The number of ether oxygens (including phenoxy) is 1. The van der Waals surface area contributed by atoms with Gasteiger partial charge in [-0.05, 0) is 47.5 Å². The summed E-state index contributed by atoms with van der Waals surface area (Å²) >= 11 is 9.38. The Morgan fingerprint density at radius 2 is 1.82 bits per heavy atom. The molecule has 0 aliphatic rings. The Labute approximate surface area is 177 Å². The van der Waals surface area contributed by atoms with Gasteiger partial charge in [0.1, 0.15) is 12.4 Å². The highest BCUT2D eigenvalue weighted by atomic mass is 79.9. The normalized spacial score (nSPS) is 10.8. The van der Waals surface area contributed by atoms with Crippen LogP contribution in [0.3, 0.4) is 0 Å². The zero-order valence-corrected chi connectivity index (χ0v) is 17.3. The number of para-hydroxylation sites is 1. The van der Waals surface area contributed by atoms with Crippen LogP contribution in [0.1, 0.15) is 16.7 Å². The summed E-state index contributed by atoms with van der Waals surface area (Å²) in [6.07, 6.45) is 1.84. The lowest BCUT2D eigenvalue weighted by Crippen LogP contribution is -2.19. The van der Waals surface area contributed by atoms with Crippen molar-refractivity contribution >= 4 is 39.7 Å². The van der Waals surface area contributed by atoms with E-state index in [-0.39, 0.29) is 12.3 Å². The molecule has 0 aliphatic carbocycles. The molecule has 3 aromatic rings. The van der Waals surface area contributed by atoms with Crippen molar-refractivity contribution in [1.82, 2.24) is 5.43 Å². The van der Waals surface area contributed by atoms with Gasteiger partial charge in [-0.1, -0.05) is 63.9 Å². The van der Waals surface area contributed by atoms with Crippen LogP contribution >= 0.6 is 27.5 Å². The van der Waals surface area contributed by atoms with Crippen molar-refractivity contribution in [2.45, 2.75) is 13.0 Å². The SMILES string of the molecule is O=C(Cc1ccc(Br)cc1)N/N=C\c1ccccc1OCc1cccc(Cl)c1. The molecule has 1 N–H and O–H groups in total. The average molecular weight is 458 g/mol. The van der Waals surface area contributed by atoms with E-state index in [1.807, 2.05) is 72.8 Å². The molecule has 142 valence electrons. The Morgan fingerprint density at radius 3 is 2.61 bits per heavy atom. The van der Waals surface area contributed by atoms with Crippen molar-refractivity contribution in [3.8, 4) is 5.75 Å². The second kappa shape index (κ2) is 10.1. The first-order valence-corrected chi connectivity index (χ1v) is 9.80. The number of nitrogens with zero attached hydrogens (tertiary/aromatic N) is 1. The van der Waals surface area contributed by atoms with E-state index in [9.17, 15) is 4.79 Å². The average Bonchev–Trinajstić information content (AvgIpc) is 2.69. The lowest BCUT2D eigenvalue weighted by molar-refractivity contribution is -0.120. The molecule has 0 heterocycles. The third-order valence-corrected chi connectivity index (χ3v) is 4.64. The fourth-order valence-corrected chi connectivity index (χ4v) is 2.98. The molecule has 0 aliphatic heterocycles. The van der Waals surface area contributed by atoms with Gasteiger partial charge in [0.25, 0.3) is 0 Å². The van der Waals surface area contributed by atoms with Crippen LogP contribution in [0, 0.1) is 0 Å². The molecule has 3 aromatic carbocycles. The Kier molecular flexibility index (Phi) is 7.23. The quantitative estimate of drug-likeness (QED) is 0.383. The van der Waals surface area contributed by atoms with Gasteiger partial charge in [0.2, 0.25) is 5.91 Å². The van der Waals surface area contributed by atoms with Crippen LogP contribution < -0.4 is 10.2 Å². The van der Waals surface area contributed by atoms with Crippen LogP contribution in [0.15, 0.2) is 82.4 Å².